The minimum absolute atomic E-state index is 0.164. The summed E-state index contributed by atoms with van der Waals surface area (Å²) in [5.74, 6) is -1.70. The van der Waals surface area contributed by atoms with Gasteiger partial charge in [-0.25, -0.2) is 8.78 Å². The standard InChI is InChI=1S/C14H16BrF2N3/c1-8(2)20-14(10(15)7-19-20)13(18-3)9-4-5-11(16)12(17)6-9/h4-8,13,18H,1-3H3. The number of benzene rings is 1. The minimum Gasteiger partial charge on any atom is -0.308 e. The Balaban J connectivity index is 2.52. The molecule has 1 atom stereocenters. The van der Waals surface area contributed by atoms with E-state index in [1.165, 1.54) is 6.07 Å². The average molecular weight is 344 g/mol. The van der Waals surface area contributed by atoms with E-state index >= 15 is 0 Å². The zero-order valence-corrected chi connectivity index (χ0v) is 13.1. The van der Waals surface area contributed by atoms with E-state index in [0.29, 0.717) is 5.56 Å². The largest absolute Gasteiger partial charge is 0.308 e. The molecule has 1 unspecified atom stereocenters. The normalized spacial score (nSPS) is 12.9. The minimum atomic E-state index is -0.852. The highest BCUT2D eigenvalue weighted by molar-refractivity contribution is 9.10. The molecule has 20 heavy (non-hydrogen) atoms. The fourth-order valence-electron chi connectivity index (χ4n) is 2.19. The molecule has 0 aliphatic carbocycles. The molecule has 3 nitrogen and oxygen atoms in total. The van der Waals surface area contributed by atoms with Crippen LogP contribution in [0.1, 0.15) is 37.2 Å². The topological polar surface area (TPSA) is 29.9 Å². The molecule has 0 fully saturated rings. The lowest BCUT2D eigenvalue weighted by Crippen LogP contribution is -2.23. The monoisotopic (exact) mass is 343 g/mol. The Hall–Kier alpha value is -1.27. The first-order valence-corrected chi connectivity index (χ1v) is 7.10. The van der Waals surface area contributed by atoms with Crippen LogP contribution in [-0.4, -0.2) is 16.8 Å². The molecule has 0 aliphatic rings. The van der Waals surface area contributed by atoms with Crippen molar-refractivity contribution < 1.29 is 8.78 Å². The van der Waals surface area contributed by atoms with E-state index in [1.807, 2.05) is 18.5 Å². The van der Waals surface area contributed by atoms with Crippen LogP contribution in [0.4, 0.5) is 8.78 Å². The van der Waals surface area contributed by atoms with Crippen LogP contribution in [-0.2, 0) is 0 Å². The Bertz CT molecular complexity index is 610. The number of hydrogen-bond donors (Lipinski definition) is 1. The second-order valence-electron chi connectivity index (χ2n) is 4.81. The molecule has 0 saturated heterocycles. The number of nitrogens with zero attached hydrogens (tertiary/aromatic N) is 2. The summed E-state index contributed by atoms with van der Waals surface area (Å²) < 4.78 is 29.2. The Morgan fingerprint density at radius 1 is 1.25 bits per heavy atom. The number of hydrogen-bond acceptors (Lipinski definition) is 2. The lowest BCUT2D eigenvalue weighted by atomic mass is 10.0. The van der Waals surface area contributed by atoms with Gasteiger partial charge < -0.3 is 5.32 Å². The van der Waals surface area contributed by atoms with Crippen LogP contribution in [0, 0.1) is 11.6 Å². The van der Waals surface area contributed by atoms with E-state index in [0.717, 1.165) is 16.2 Å². The number of nitrogens with one attached hydrogen (secondary N) is 1. The Labute approximate surface area is 125 Å². The molecule has 0 amide bonds. The van der Waals surface area contributed by atoms with Crippen LogP contribution in [0.25, 0.3) is 0 Å². The van der Waals surface area contributed by atoms with E-state index in [-0.39, 0.29) is 12.1 Å². The summed E-state index contributed by atoms with van der Waals surface area (Å²) in [5.41, 5.74) is 1.53. The number of halogens is 3. The lowest BCUT2D eigenvalue weighted by Gasteiger charge is -2.21. The van der Waals surface area contributed by atoms with Crippen molar-refractivity contribution >= 4 is 15.9 Å². The highest BCUT2D eigenvalue weighted by Gasteiger charge is 2.22. The molecule has 1 N–H and O–H groups in total. The molecule has 1 aromatic heterocycles. The van der Waals surface area contributed by atoms with Gasteiger partial charge in [-0.05, 0) is 54.5 Å². The smallest absolute Gasteiger partial charge is 0.159 e. The Kier molecular flexibility index (Phi) is 4.55. The molecule has 108 valence electrons. The molecule has 0 saturated carbocycles. The van der Waals surface area contributed by atoms with E-state index in [1.54, 1.807) is 19.3 Å². The highest BCUT2D eigenvalue weighted by Crippen LogP contribution is 2.30. The number of rotatable bonds is 4. The van der Waals surface area contributed by atoms with Gasteiger partial charge in [0.25, 0.3) is 0 Å². The predicted octanol–water partition coefficient (Wildman–Crippen LogP) is 3.81. The van der Waals surface area contributed by atoms with Gasteiger partial charge in [0.1, 0.15) is 0 Å². The SMILES string of the molecule is CNC(c1ccc(F)c(F)c1)c1c(Br)cnn1C(C)C. The summed E-state index contributed by atoms with van der Waals surface area (Å²) in [5, 5.41) is 7.44. The van der Waals surface area contributed by atoms with Crippen molar-refractivity contribution in [3.8, 4) is 0 Å². The Morgan fingerprint density at radius 2 is 1.95 bits per heavy atom. The maximum absolute atomic E-state index is 13.4. The van der Waals surface area contributed by atoms with Gasteiger partial charge in [-0.1, -0.05) is 6.07 Å². The van der Waals surface area contributed by atoms with Crippen LogP contribution in [0.5, 0.6) is 0 Å². The molecule has 0 aliphatic heterocycles. The van der Waals surface area contributed by atoms with E-state index in [4.69, 9.17) is 0 Å². The zero-order valence-electron chi connectivity index (χ0n) is 11.5. The maximum atomic E-state index is 13.4. The summed E-state index contributed by atoms with van der Waals surface area (Å²) in [7, 11) is 1.77. The van der Waals surface area contributed by atoms with Gasteiger partial charge in [0.05, 0.1) is 22.4 Å². The van der Waals surface area contributed by atoms with Gasteiger partial charge in [0, 0.05) is 6.04 Å². The van der Waals surface area contributed by atoms with Crippen molar-refractivity contribution in [1.82, 2.24) is 15.1 Å². The zero-order chi connectivity index (χ0) is 14.9. The van der Waals surface area contributed by atoms with Crippen molar-refractivity contribution in [1.29, 1.82) is 0 Å². The molecule has 2 rings (SSSR count). The van der Waals surface area contributed by atoms with Crippen LogP contribution in [0.2, 0.25) is 0 Å². The first-order chi connectivity index (χ1) is 9.45. The number of aromatic nitrogens is 2. The van der Waals surface area contributed by atoms with Gasteiger partial charge in [0.2, 0.25) is 0 Å². The first-order valence-electron chi connectivity index (χ1n) is 6.30. The van der Waals surface area contributed by atoms with Crippen LogP contribution < -0.4 is 5.32 Å². The van der Waals surface area contributed by atoms with Crippen LogP contribution >= 0.6 is 15.9 Å². The second-order valence-corrected chi connectivity index (χ2v) is 5.67. The van der Waals surface area contributed by atoms with Gasteiger partial charge in [0.15, 0.2) is 11.6 Å². The van der Waals surface area contributed by atoms with Crippen LogP contribution in [0.15, 0.2) is 28.9 Å². The summed E-state index contributed by atoms with van der Waals surface area (Å²) in [6, 6.07) is 3.81. The van der Waals surface area contributed by atoms with Crippen molar-refractivity contribution in [3.63, 3.8) is 0 Å². The summed E-state index contributed by atoms with van der Waals surface area (Å²) >= 11 is 3.47. The van der Waals surface area contributed by atoms with Crippen LogP contribution in [0.3, 0.4) is 0 Å². The third-order valence-corrected chi connectivity index (χ3v) is 3.73. The maximum Gasteiger partial charge on any atom is 0.159 e. The molecule has 0 spiro atoms. The fourth-order valence-corrected chi connectivity index (χ4v) is 2.69. The molecule has 1 aromatic carbocycles. The van der Waals surface area contributed by atoms with Gasteiger partial charge in [-0.15, -0.1) is 0 Å². The van der Waals surface area contributed by atoms with Gasteiger partial charge in [-0.2, -0.15) is 5.10 Å². The van der Waals surface area contributed by atoms with E-state index in [9.17, 15) is 8.78 Å². The van der Waals surface area contributed by atoms with E-state index < -0.39 is 11.6 Å². The van der Waals surface area contributed by atoms with Gasteiger partial charge in [-0.3, -0.25) is 4.68 Å². The molecule has 2 aromatic rings. The summed E-state index contributed by atoms with van der Waals surface area (Å²) in [6.45, 7) is 4.03. The molecule has 1 heterocycles. The van der Waals surface area contributed by atoms with Crippen molar-refractivity contribution in [2.45, 2.75) is 25.9 Å². The first kappa shape index (κ1) is 15.1. The van der Waals surface area contributed by atoms with Gasteiger partial charge >= 0.3 is 0 Å². The quantitative estimate of drug-likeness (QED) is 0.914. The highest BCUT2D eigenvalue weighted by atomic mass is 79.9. The third-order valence-electron chi connectivity index (χ3n) is 3.12. The predicted molar refractivity (Wildman–Crippen MR) is 77.6 cm³/mol. The van der Waals surface area contributed by atoms with Crippen molar-refractivity contribution in [3.05, 3.63) is 51.8 Å². The molecule has 6 heteroatoms. The molecular formula is C14H16BrF2N3. The summed E-state index contributed by atoms with van der Waals surface area (Å²) in [6.07, 6.45) is 1.71. The fraction of sp³-hybridized carbons (Fsp3) is 0.357. The molecule has 0 bridgehead atoms. The second kappa shape index (κ2) is 6.01. The van der Waals surface area contributed by atoms with Crippen molar-refractivity contribution in [2.24, 2.45) is 0 Å². The average Bonchev–Trinajstić information content (AvgIpc) is 2.77. The third kappa shape index (κ3) is 2.76. The molecular weight excluding hydrogens is 328 g/mol. The molecule has 0 radical (unpaired) electrons. The Morgan fingerprint density at radius 3 is 2.50 bits per heavy atom. The lowest BCUT2D eigenvalue weighted by molar-refractivity contribution is 0.478. The van der Waals surface area contributed by atoms with Crippen molar-refractivity contribution in [2.75, 3.05) is 7.05 Å². The van der Waals surface area contributed by atoms with E-state index in [2.05, 4.69) is 26.3 Å². The summed E-state index contributed by atoms with van der Waals surface area (Å²) in [4.78, 5) is 0.